The third-order valence-corrected chi connectivity index (χ3v) is 3.57. The SMILES string of the molecule is CC1CN(c2ccc(C(N)=O)c(Cl)c2)CC1N. The van der Waals surface area contributed by atoms with E-state index in [1.807, 2.05) is 6.07 Å². The van der Waals surface area contributed by atoms with Crippen molar-refractivity contribution in [1.82, 2.24) is 0 Å². The highest BCUT2D eigenvalue weighted by atomic mass is 35.5. The fourth-order valence-corrected chi connectivity index (χ4v) is 2.37. The van der Waals surface area contributed by atoms with Gasteiger partial charge in [-0.1, -0.05) is 18.5 Å². The number of hydrogen-bond donors (Lipinski definition) is 2. The average molecular weight is 254 g/mol. The molecule has 0 spiro atoms. The summed E-state index contributed by atoms with van der Waals surface area (Å²) < 4.78 is 0. The van der Waals surface area contributed by atoms with Gasteiger partial charge in [-0.05, 0) is 24.1 Å². The van der Waals surface area contributed by atoms with Gasteiger partial charge in [0.15, 0.2) is 0 Å². The lowest BCUT2D eigenvalue weighted by Gasteiger charge is -2.18. The maximum absolute atomic E-state index is 11.1. The zero-order valence-corrected chi connectivity index (χ0v) is 10.4. The molecule has 1 aromatic rings. The number of primary amides is 1. The Kier molecular flexibility index (Phi) is 3.26. The minimum atomic E-state index is -0.506. The third kappa shape index (κ3) is 2.37. The van der Waals surface area contributed by atoms with Crippen molar-refractivity contribution in [3.63, 3.8) is 0 Å². The van der Waals surface area contributed by atoms with Gasteiger partial charge < -0.3 is 16.4 Å². The van der Waals surface area contributed by atoms with E-state index in [0.29, 0.717) is 16.5 Å². The van der Waals surface area contributed by atoms with Crippen LogP contribution in [0.5, 0.6) is 0 Å². The highest BCUT2D eigenvalue weighted by Crippen LogP contribution is 2.27. The van der Waals surface area contributed by atoms with Crippen molar-refractivity contribution in [2.45, 2.75) is 13.0 Å². The number of rotatable bonds is 2. The van der Waals surface area contributed by atoms with Gasteiger partial charge in [-0.25, -0.2) is 0 Å². The summed E-state index contributed by atoms with van der Waals surface area (Å²) in [7, 11) is 0. The zero-order valence-electron chi connectivity index (χ0n) is 9.69. The van der Waals surface area contributed by atoms with Crippen molar-refractivity contribution in [2.24, 2.45) is 17.4 Å². The number of carbonyl (C=O) groups is 1. The second-order valence-corrected chi connectivity index (χ2v) is 4.98. The summed E-state index contributed by atoms with van der Waals surface area (Å²) in [5.74, 6) is -0.0439. The quantitative estimate of drug-likeness (QED) is 0.833. The van der Waals surface area contributed by atoms with Crippen LogP contribution in [0.1, 0.15) is 17.3 Å². The van der Waals surface area contributed by atoms with Gasteiger partial charge in [0.2, 0.25) is 5.91 Å². The number of halogens is 1. The average Bonchev–Trinajstić information content (AvgIpc) is 2.58. The van der Waals surface area contributed by atoms with Gasteiger partial charge in [-0.2, -0.15) is 0 Å². The topological polar surface area (TPSA) is 72.3 Å². The molecule has 2 unspecified atom stereocenters. The van der Waals surface area contributed by atoms with Gasteiger partial charge in [0, 0.05) is 24.8 Å². The molecule has 0 aromatic heterocycles. The van der Waals surface area contributed by atoms with Crippen LogP contribution in [-0.2, 0) is 0 Å². The first-order valence-electron chi connectivity index (χ1n) is 5.59. The van der Waals surface area contributed by atoms with Crippen LogP contribution in [-0.4, -0.2) is 25.0 Å². The summed E-state index contributed by atoms with van der Waals surface area (Å²) in [6.45, 7) is 3.85. The molecule has 1 saturated heterocycles. The van der Waals surface area contributed by atoms with Crippen LogP contribution in [0.25, 0.3) is 0 Å². The maximum atomic E-state index is 11.1. The Morgan fingerprint density at radius 3 is 2.65 bits per heavy atom. The minimum absolute atomic E-state index is 0.185. The van der Waals surface area contributed by atoms with Gasteiger partial charge in [0.25, 0.3) is 0 Å². The second kappa shape index (κ2) is 4.55. The van der Waals surface area contributed by atoms with Crippen molar-refractivity contribution in [2.75, 3.05) is 18.0 Å². The Hall–Kier alpha value is -1.26. The van der Waals surface area contributed by atoms with Gasteiger partial charge in [-0.3, -0.25) is 4.79 Å². The Bertz CT molecular complexity index is 439. The molecular weight excluding hydrogens is 238 g/mol. The Morgan fingerprint density at radius 2 is 2.18 bits per heavy atom. The molecule has 1 fully saturated rings. The second-order valence-electron chi connectivity index (χ2n) is 4.57. The fraction of sp³-hybridized carbons (Fsp3) is 0.417. The predicted octanol–water partition coefficient (Wildman–Crippen LogP) is 1.22. The number of carbonyl (C=O) groups excluding carboxylic acids is 1. The van der Waals surface area contributed by atoms with Crippen molar-refractivity contribution < 1.29 is 4.79 Å². The molecule has 1 amide bonds. The summed E-state index contributed by atoms with van der Waals surface area (Å²) in [6.07, 6.45) is 0. The monoisotopic (exact) mass is 253 g/mol. The van der Waals surface area contributed by atoms with Crippen LogP contribution in [0.3, 0.4) is 0 Å². The van der Waals surface area contributed by atoms with E-state index in [0.717, 1.165) is 18.8 Å². The number of benzene rings is 1. The van der Waals surface area contributed by atoms with Crippen molar-refractivity contribution >= 4 is 23.2 Å². The van der Waals surface area contributed by atoms with Crippen LogP contribution < -0.4 is 16.4 Å². The van der Waals surface area contributed by atoms with Crippen LogP contribution in [0.15, 0.2) is 18.2 Å². The lowest BCUT2D eigenvalue weighted by atomic mass is 10.1. The molecule has 17 heavy (non-hydrogen) atoms. The highest BCUT2D eigenvalue weighted by Gasteiger charge is 2.27. The molecule has 5 heteroatoms. The van der Waals surface area contributed by atoms with Crippen LogP contribution >= 0.6 is 11.6 Å². The third-order valence-electron chi connectivity index (χ3n) is 3.25. The van der Waals surface area contributed by atoms with E-state index < -0.39 is 5.91 Å². The predicted molar refractivity (Wildman–Crippen MR) is 69.3 cm³/mol. The first kappa shape index (κ1) is 12.2. The molecule has 92 valence electrons. The van der Waals surface area contributed by atoms with Gasteiger partial charge >= 0.3 is 0 Å². The first-order chi connectivity index (χ1) is 7.99. The molecule has 0 bridgehead atoms. The molecule has 0 saturated carbocycles. The van der Waals surface area contributed by atoms with Crippen LogP contribution in [0.4, 0.5) is 5.69 Å². The summed E-state index contributed by atoms with van der Waals surface area (Å²) in [5.41, 5.74) is 12.5. The fourth-order valence-electron chi connectivity index (χ4n) is 2.10. The summed E-state index contributed by atoms with van der Waals surface area (Å²) >= 11 is 6.02. The molecule has 4 N–H and O–H groups in total. The van der Waals surface area contributed by atoms with Crippen molar-refractivity contribution in [3.05, 3.63) is 28.8 Å². The standard InChI is InChI=1S/C12H16ClN3O/c1-7-5-16(6-11(7)14)8-2-3-9(12(15)17)10(13)4-8/h2-4,7,11H,5-6,14H2,1H3,(H2,15,17). The molecule has 0 radical (unpaired) electrons. The Labute approximate surface area is 106 Å². The smallest absolute Gasteiger partial charge is 0.250 e. The number of nitrogens with zero attached hydrogens (tertiary/aromatic N) is 1. The van der Waals surface area contributed by atoms with Crippen molar-refractivity contribution in [3.8, 4) is 0 Å². The molecular formula is C12H16ClN3O. The van der Waals surface area contributed by atoms with Crippen molar-refractivity contribution in [1.29, 1.82) is 0 Å². The van der Waals surface area contributed by atoms with E-state index >= 15 is 0 Å². The van der Waals surface area contributed by atoms with E-state index in [1.54, 1.807) is 12.1 Å². The zero-order chi connectivity index (χ0) is 12.6. The molecule has 1 heterocycles. The number of amides is 1. The number of anilines is 1. The molecule has 1 aliphatic heterocycles. The normalized spacial score (nSPS) is 24.1. The van der Waals surface area contributed by atoms with Gasteiger partial charge in [0.05, 0.1) is 10.6 Å². The number of hydrogen-bond acceptors (Lipinski definition) is 3. The molecule has 1 aromatic carbocycles. The minimum Gasteiger partial charge on any atom is -0.370 e. The maximum Gasteiger partial charge on any atom is 0.250 e. The van der Waals surface area contributed by atoms with Crippen LogP contribution in [0.2, 0.25) is 5.02 Å². The van der Waals surface area contributed by atoms with E-state index in [1.165, 1.54) is 0 Å². The lowest BCUT2D eigenvalue weighted by molar-refractivity contribution is 0.100. The van der Waals surface area contributed by atoms with E-state index in [9.17, 15) is 4.79 Å². The molecule has 2 atom stereocenters. The van der Waals surface area contributed by atoms with E-state index in [-0.39, 0.29) is 6.04 Å². The van der Waals surface area contributed by atoms with Gasteiger partial charge in [0.1, 0.15) is 0 Å². The van der Waals surface area contributed by atoms with Gasteiger partial charge in [-0.15, -0.1) is 0 Å². The highest BCUT2D eigenvalue weighted by molar-refractivity contribution is 6.34. The lowest BCUT2D eigenvalue weighted by Crippen LogP contribution is -2.28. The Morgan fingerprint density at radius 1 is 1.47 bits per heavy atom. The molecule has 2 rings (SSSR count). The molecule has 4 nitrogen and oxygen atoms in total. The molecule has 1 aliphatic rings. The molecule has 0 aliphatic carbocycles. The first-order valence-corrected chi connectivity index (χ1v) is 5.96. The van der Waals surface area contributed by atoms with Crippen LogP contribution in [0, 0.1) is 5.92 Å². The van der Waals surface area contributed by atoms with E-state index in [4.69, 9.17) is 23.1 Å². The summed E-state index contributed by atoms with van der Waals surface area (Å²) in [5, 5.41) is 0.392. The van der Waals surface area contributed by atoms with E-state index in [2.05, 4.69) is 11.8 Å². The Balaban J connectivity index is 2.24. The number of nitrogens with two attached hydrogens (primary N) is 2. The largest absolute Gasteiger partial charge is 0.370 e. The summed E-state index contributed by atoms with van der Waals surface area (Å²) in [4.78, 5) is 13.2. The summed E-state index contributed by atoms with van der Waals surface area (Å²) in [6, 6.07) is 5.47.